The first-order valence-corrected chi connectivity index (χ1v) is 18.2. The van der Waals surface area contributed by atoms with Gasteiger partial charge in [0, 0.05) is 33.6 Å². The summed E-state index contributed by atoms with van der Waals surface area (Å²) in [4.78, 5) is 86.5. The van der Waals surface area contributed by atoms with Crippen molar-refractivity contribution in [1.29, 1.82) is 0 Å². The molecule has 0 radical (unpaired) electrons. The number of hydrogen-bond donors (Lipinski definition) is 1. The summed E-state index contributed by atoms with van der Waals surface area (Å²) >= 11 is 0. The predicted molar refractivity (Wildman–Crippen MR) is 200 cm³/mol. The van der Waals surface area contributed by atoms with Crippen LogP contribution in [0.1, 0.15) is 71.6 Å². The van der Waals surface area contributed by atoms with Crippen LogP contribution in [-0.4, -0.2) is 119 Å². The van der Waals surface area contributed by atoms with Crippen LogP contribution in [0, 0.1) is 12.8 Å². The molecule has 2 aromatic carbocycles. The maximum absolute atomic E-state index is 14.2. The van der Waals surface area contributed by atoms with Crippen LogP contribution in [0.2, 0.25) is 0 Å². The number of nitrogens with one attached hydrogen (secondary N) is 1. The number of rotatable bonds is 15. The minimum Gasteiger partial charge on any atom is -0.459 e. The van der Waals surface area contributed by atoms with Gasteiger partial charge in [0.1, 0.15) is 42.9 Å². The molecule has 0 saturated carbocycles. The van der Waals surface area contributed by atoms with Crippen LogP contribution in [0.4, 0.5) is 4.79 Å². The summed E-state index contributed by atoms with van der Waals surface area (Å²) < 4.78 is 10.8. The number of likely N-dealkylation sites (N-methyl/N-ethyl adjacent to an activating group) is 3. The highest BCUT2D eigenvalue weighted by molar-refractivity contribution is 5.96. The molecule has 290 valence electrons. The molecule has 2 aromatic rings. The van der Waals surface area contributed by atoms with Gasteiger partial charge in [0.05, 0.1) is 0 Å². The number of carbonyl (C=O) groups excluding carboxylic acids is 6. The molecule has 0 aromatic heterocycles. The average molecular weight is 736 g/mol. The lowest BCUT2D eigenvalue weighted by Gasteiger charge is -2.45. The molecule has 3 rings (SSSR count). The Hall–Kier alpha value is -4.94. The number of hydrogen-bond acceptors (Lipinski definition) is 8. The average Bonchev–Trinajstić information content (AvgIpc) is 3.08. The molecule has 13 nitrogen and oxygen atoms in total. The fourth-order valence-corrected chi connectivity index (χ4v) is 6.03. The van der Waals surface area contributed by atoms with E-state index in [4.69, 9.17) is 9.47 Å². The Labute approximate surface area is 313 Å². The maximum atomic E-state index is 14.2. The predicted octanol–water partition coefficient (Wildman–Crippen LogP) is 3.95. The SMILES string of the molecule is CCN(C(=O)[C@@H]1CCN1C(=O)[C@H](C)N(C)C(=O)[C@@H](NC(=O)OCc1ccccc1)C(C)C)[C@@H](Cc1ccc(C)cc1)C(=O)N(C)CC(=O)OC(C)(C)C. The summed E-state index contributed by atoms with van der Waals surface area (Å²) in [6, 6.07) is 13.1. The quantitative estimate of drug-likeness (QED) is 0.271. The van der Waals surface area contributed by atoms with E-state index < -0.39 is 65.5 Å². The highest BCUT2D eigenvalue weighted by Crippen LogP contribution is 2.25. The Balaban J connectivity index is 1.75. The summed E-state index contributed by atoms with van der Waals surface area (Å²) in [6.07, 6.45) is -0.176. The zero-order valence-electron chi connectivity index (χ0n) is 32.9. The van der Waals surface area contributed by atoms with Crippen LogP contribution in [-0.2, 0) is 46.5 Å². The normalized spacial score (nSPS) is 15.7. The fraction of sp³-hybridized carbons (Fsp3) is 0.550. The van der Waals surface area contributed by atoms with Crippen molar-refractivity contribution in [3.63, 3.8) is 0 Å². The van der Waals surface area contributed by atoms with Crippen molar-refractivity contribution >= 4 is 35.7 Å². The number of amides is 5. The van der Waals surface area contributed by atoms with Gasteiger partial charge in [0.25, 0.3) is 0 Å². The van der Waals surface area contributed by atoms with Gasteiger partial charge >= 0.3 is 12.1 Å². The Bertz CT molecular complexity index is 1590. The minimum absolute atomic E-state index is 0.0348. The van der Waals surface area contributed by atoms with Crippen molar-refractivity contribution in [1.82, 2.24) is 24.9 Å². The molecular formula is C40H57N5O8. The first-order valence-electron chi connectivity index (χ1n) is 18.2. The molecule has 1 saturated heterocycles. The van der Waals surface area contributed by atoms with E-state index in [-0.39, 0.29) is 32.0 Å². The Morgan fingerprint density at radius 3 is 2.06 bits per heavy atom. The van der Waals surface area contributed by atoms with E-state index in [9.17, 15) is 28.8 Å². The van der Waals surface area contributed by atoms with Gasteiger partial charge in [-0.2, -0.15) is 0 Å². The number of ether oxygens (including phenoxy) is 2. The van der Waals surface area contributed by atoms with Gasteiger partial charge in [-0.25, -0.2) is 4.79 Å². The fourth-order valence-electron chi connectivity index (χ4n) is 6.03. The molecule has 13 heteroatoms. The van der Waals surface area contributed by atoms with Crippen molar-refractivity contribution in [2.75, 3.05) is 33.7 Å². The summed E-state index contributed by atoms with van der Waals surface area (Å²) in [5.74, 6) is -2.63. The van der Waals surface area contributed by atoms with E-state index in [1.807, 2.05) is 61.5 Å². The third kappa shape index (κ3) is 11.8. The number of likely N-dealkylation sites (tertiary alicyclic amines) is 1. The van der Waals surface area contributed by atoms with Crippen LogP contribution in [0.25, 0.3) is 0 Å². The largest absolute Gasteiger partial charge is 0.459 e. The number of aryl methyl sites for hydroxylation is 1. The molecule has 1 aliphatic rings. The van der Waals surface area contributed by atoms with Gasteiger partial charge in [-0.05, 0) is 65.0 Å². The lowest BCUT2D eigenvalue weighted by atomic mass is 9.96. The van der Waals surface area contributed by atoms with Gasteiger partial charge in [0.2, 0.25) is 23.6 Å². The summed E-state index contributed by atoms with van der Waals surface area (Å²) in [5.41, 5.74) is 1.94. The van der Waals surface area contributed by atoms with Gasteiger partial charge < -0.3 is 34.4 Å². The number of benzene rings is 2. The van der Waals surface area contributed by atoms with Crippen molar-refractivity contribution in [2.24, 2.45) is 5.92 Å². The maximum Gasteiger partial charge on any atom is 0.408 e. The molecular weight excluding hydrogens is 678 g/mol. The molecule has 1 N–H and O–H groups in total. The van der Waals surface area contributed by atoms with Crippen molar-refractivity contribution in [2.45, 2.75) is 105 Å². The molecule has 1 fully saturated rings. The molecule has 1 aliphatic heterocycles. The molecule has 0 unspecified atom stereocenters. The van der Waals surface area contributed by atoms with Crippen molar-refractivity contribution in [3.05, 3.63) is 71.3 Å². The molecule has 5 amide bonds. The van der Waals surface area contributed by atoms with E-state index in [2.05, 4.69) is 5.32 Å². The number of nitrogens with zero attached hydrogens (tertiary/aromatic N) is 4. The Morgan fingerprint density at radius 2 is 1.53 bits per heavy atom. The molecule has 1 heterocycles. The van der Waals surface area contributed by atoms with Crippen LogP contribution in [0.5, 0.6) is 0 Å². The van der Waals surface area contributed by atoms with Crippen LogP contribution < -0.4 is 5.32 Å². The summed E-state index contributed by atoms with van der Waals surface area (Å²) in [6.45, 7) is 14.3. The van der Waals surface area contributed by atoms with Crippen LogP contribution in [0.15, 0.2) is 54.6 Å². The Morgan fingerprint density at radius 1 is 0.906 bits per heavy atom. The number of alkyl carbamates (subject to hydrolysis) is 1. The standard InChI is InChI=1S/C40H57N5O8/c1-11-44(32(23-29-19-17-27(4)18-20-29)36(48)42(9)24-33(46)53-40(6,7)8)37(49)31-21-22-45(31)35(47)28(5)43(10)38(50)34(26(2)3)41-39(51)52-25-30-15-13-12-14-16-30/h12-20,26,28,31-32,34H,11,21-25H2,1-10H3,(H,41,51)/t28-,31-,32-,34-/m0/s1. The van der Waals surface area contributed by atoms with E-state index >= 15 is 0 Å². The number of carbonyl (C=O) groups is 6. The third-order valence-electron chi connectivity index (χ3n) is 9.29. The molecule has 0 bridgehead atoms. The first kappa shape index (κ1) is 42.5. The molecule has 0 aliphatic carbocycles. The second-order valence-corrected chi connectivity index (χ2v) is 15.0. The van der Waals surface area contributed by atoms with E-state index in [1.165, 1.54) is 33.7 Å². The molecule has 0 spiro atoms. The lowest BCUT2D eigenvalue weighted by molar-refractivity contribution is -0.162. The van der Waals surface area contributed by atoms with Gasteiger partial charge in [-0.15, -0.1) is 0 Å². The lowest BCUT2D eigenvalue weighted by Crippen LogP contribution is -2.65. The van der Waals surface area contributed by atoms with Gasteiger partial charge in [-0.3, -0.25) is 24.0 Å². The second-order valence-electron chi connectivity index (χ2n) is 15.0. The second kappa shape index (κ2) is 18.7. The van der Waals surface area contributed by atoms with E-state index in [0.29, 0.717) is 13.0 Å². The third-order valence-corrected chi connectivity index (χ3v) is 9.29. The zero-order valence-corrected chi connectivity index (χ0v) is 32.9. The van der Waals surface area contributed by atoms with Crippen LogP contribution in [0.3, 0.4) is 0 Å². The summed E-state index contributed by atoms with van der Waals surface area (Å²) in [5, 5.41) is 2.64. The highest BCUT2D eigenvalue weighted by atomic mass is 16.6. The van der Waals surface area contributed by atoms with Crippen molar-refractivity contribution in [3.8, 4) is 0 Å². The Kier molecular flexibility index (Phi) is 15.0. The minimum atomic E-state index is -0.964. The molecule has 4 atom stereocenters. The highest BCUT2D eigenvalue weighted by Gasteiger charge is 2.45. The van der Waals surface area contributed by atoms with Crippen LogP contribution >= 0.6 is 0 Å². The zero-order chi connectivity index (χ0) is 39.6. The first-order chi connectivity index (χ1) is 24.8. The topological polar surface area (TPSA) is 146 Å². The van der Waals surface area contributed by atoms with Gasteiger partial charge in [0.15, 0.2) is 0 Å². The van der Waals surface area contributed by atoms with Gasteiger partial charge in [-0.1, -0.05) is 74.0 Å². The van der Waals surface area contributed by atoms with E-state index in [1.54, 1.807) is 48.5 Å². The number of esters is 1. The van der Waals surface area contributed by atoms with Crippen molar-refractivity contribution < 1.29 is 38.2 Å². The monoisotopic (exact) mass is 735 g/mol. The molecule has 53 heavy (non-hydrogen) atoms. The smallest absolute Gasteiger partial charge is 0.408 e. The summed E-state index contributed by atoms with van der Waals surface area (Å²) in [7, 11) is 2.99. The van der Waals surface area contributed by atoms with E-state index in [0.717, 1.165) is 16.7 Å².